The van der Waals surface area contributed by atoms with Crippen LogP contribution in [0.15, 0.2) is 173 Å². The van der Waals surface area contributed by atoms with Gasteiger partial charge in [0.2, 0.25) is 0 Å². The Hall–Kier alpha value is -6.36. The molecule has 0 spiro atoms. The second-order valence-corrected chi connectivity index (χ2v) is 14.0. The van der Waals surface area contributed by atoms with E-state index < -0.39 is 0 Å². The first-order valence-electron chi connectivity index (χ1n) is 16.8. The third-order valence-corrected chi connectivity index (χ3v) is 11.2. The van der Waals surface area contributed by atoms with Crippen LogP contribution in [-0.4, -0.2) is 0 Å². The van der Waals surface area contributed by atoms with Crippen LogP contribution in [-0.2, 0) is 0 Å². The minimum atomic E-state index is 0.880. The number of rotatable bonds is 4. The van der Waals surface area contributed by atoms with E-state index in [4.69, 9.17) is 8.83 Å². The van der Waals surface area contributed by atoms with Crippen molar-refractivity contribution in [2.75, 3.05) is 4.90 Å². The maximum Gasteiger partial charge on any atom is 0.135 e. The minimum absolute atomic E-state index is 0.880. The van der Waals surface area contributed by atoms with E-state index in [1.165, 1.54) is 42.1 Å². The van der Waals surface area contributed by atoms with Crippen molar-refractivity contribution in [2.24, 2.45) is 0 Å². The van der Waals surface area contributed by atoms with Gasteiger partial charge in [0.25, 0.3) is 0 Å². The van der Waals surface area contributed by atoms with Crippen molar-refractivity contribution < 1.29 is 8.83 Å². The Morgan fingerprint density at radius 2 is 0.900 bits per heavy atom. The van der Waals surface area contributed by atoms with Crippen molar-refractivity contribution in [1.82, 2.24) is 0 Å². The molecule has 50 heavy (non-hydrogen) atoms. The van der Waals surface area contributed by atoms with Gasteiger partial charge in [0.05, 0.1) is 0 Å². The number of hydrogen-bond donors (Lipinski definition) is 0. The van der Waals surface area contributed by atoms with E-state index in [-0.39, 0.29) is 0 Å². The summed E-state index contributed by atoms with van der Waals surface area (Å²) in [6.07, 6.45) is 0. The van der Waals surface area contributed by atoms with Gasteiger partial charge in [-0.25, -0.2) is 0 Å². The Morgan fingerprint density at radius 1 is 0.340 bits per heavy atom. The van der Waals surface area contributed by atoms with Crippen LogP contribution in [0.25, 0.3) is 85.9 Å². The molecule has 0 unspecified atom stereocenters. The molecule has 3 nitrogen and oxygen atoms in total. The zero-order valence-electron chi connectivity index (χ0n) is 26.8. The number of nitrogens with zero attached hydrogens (tertiary/aromatic N) is 1. The molecule has 0 N–H and O–H groups in total. The second kappa shape index (κ2) is 10.6. The third kappa shape index (κ3) is 4.22. The lowest BCUT2D eigenvalue weighted by molar-refractivity contribution is 0.668. The summed E-state index contributed by atoms with van der Waals surface area (Å²) >= 11 is 1.87. The van der Waals surface area contributed by atoms with Gasteiger partial charge in [-0.1, -0.05) is 78.9 Å². The lowest BCUT2D eigenvalue weighted by Gasteiger charge is -2.26. The summed E-state index contributed by atoms with van der Waals surface area (Å²) in [6, 6.07) is 58.5. The quantitative estimate of drug-likeness (QED) is 0.189. The van der Waals surface area contributed by atoms with Crippen LogP contribution in [0.2, 0.25) is 0 Å². The van der Waals surface area contributed by atoms with E-state index in [1.54, 1.807) is 0 Å². The molecule has 0 bridgehead atoms. The first-order chi connectivity index (χ1) is 24.7. The predicted molar refractivity (Wildman–Crippen MR) is 212 cm³/mol. The molecule has 11 rings (SSSR count). The maximum atomic E-state index is 6.20. The summed E-state index contributed by atoms with van der Waals surface area (Å²) in [5, 5.41) is 9.60. The molecule has 0 aliphatic carbocycles. The Balaban J connectivity index is 1.04. The van der Waals surface area contributed by atoms with Gasteiger partial charge in [-0.15, -0.1) is 11.3 Å². The molecule has 8 aromatic carbocycles. The van der Waals surface area contributed by atoms with E-state index in [2.05, 4.69) is 144 Å². The number of benzene rings is 8. The van der Waals surface area contributed by atoms with Crippen molar-refractivity contribution in [2.45, 2.75) is 0 Å². The van der Waals surface area contributed by atoms with Crippen molar-refractivity contribution in [3.05, 3.63) is 164 Å². The number of para-hydroxylation sites is 2. The van der Waals surface area contributed by atoms with Crippen LogP contribution >= 0.6 is 11.3 Å². The first-order valence-corrected chi connectivity index (χ1v) is 17.6. The van der Waals surface area contributed by atoms with Gasteiger partial charge in [0.15, 0.2) is 0 Å². The molecule has 0 aliphatic heterocycles. The molecule has 0 fully saturated rings. The van der Waals surface area contributed by atoms with Gasteiger partial charge in [0, 0.05) is 58.8 Å². The fraction of sp³-hybridized carbons (Fsp3) is 0. The summed E-state index contributed by atoms with van der Waals surface area (Å²) in [4.78, 5) is 2.32. The molecule has 0 amide bonds. The topological polar surface area (TPSA) is 29.5 Å². The molecule has 0 aliphatic rings. The van der Waals surface area contributed by atoms with Crippen LogP contribution in [0.4, 0.5) is 17.1 Å². The van der Waals surface area contributed by atoms with E-state index in [9.17, 15) is 0 Å². The lowest BCUT2D eigenvalue weighted by atomic mass is 9.99. The van der Waals surface area contributed by atoms with Crippen LogP contribution in [0.1, 0.15) is 0 Å². The van der Waals surface area contributed by atoms with E-state index in [0.717, 1.165) is 60.9 Å². The Bertz CT molecular complexity index is 2990. The molecule has 0 atom stereocenters. The lowest BCUT2D eigenvalue weighted by Crippen LogP contribution is -2.09. The van der Waals surface area contributed by atoms with Crippen LogP contribution < -0.4 is 4.90 Å². The standard InChI is InChI=1S/C46H27NO2S/c1-4-10-41-35(7-1)38-26-33(19-21-43(38)48-41)47(34-20-22-44-39(27-34)36-8-2-5-11-42(36)49-44)32-17-15-28(16-18-32)29-13-14-30-24-40-37-9-3-6-12-45(37)50-46(40)25-31(30)23-29/h1-27H. The van der Waals surface area contributed by atoms with Gasteiger partial charge in [-0.2, -0.15) is 0 Å². The highest BCUT2D eigenvalue weighted by atomic mass is 32.1. The molecule has 3 heterocycles. The van der Waals surface area contributed by atoms with Crippen molar-refractivity contribution >= 4 is 103 Å². The maximum absolute atomic E-state index is 6.20. The van der Waals surface area contributed by atoms with Crippen molar-refractivity contribution in [1.29, 1.82) is 0 Å². The number of hydrogen-bond acceptors (Lipinski definition) is 4. The van der Waals surface area contributed by atoms with Gasteiger partial charge in [-0.05, 0) is 107 Å². The van der Waals surface area contributed by atoms with Crippen LogP contribution in [0, 0.1) is 0 Å². The largest absolute Gasteiger partial charge is 0.456 e. The minimum Gasteiger partial charge on any atom is -0.456 e. The zero-order chi connectivity index (χ0) is 32.8. The second-order valence-electron chi connectivity index (χ2n) is 12.9. The van der Waals surface area contributed by atoms with Crippen molar-refractivity contribution in [3.63, 3.8) is 0 Å². The molecule has 0 radical (unpaired) electrons. The van der Waals surface area contributed by atoms with Gasteiger partial charge in [0.1, 0.15) is 22.3 Å². The molecule has 11 aromatic rings. The molecule has 4 heteroatoms. The van der Waals surface area contributed by atoms with Gasteiger partial charge >= 0.3 is 0 Å². The van der Waals surface area contributed by atoms with Crippen LogP contribution in [0.3, 0.4) is 0 Å². The van der Waals surface area contributed by atoms with E-state index in [1.807, 2.05) is 35.6 Å². The normalized spacial score (nSPS) is 12.0. The highest BCUT2D eigenvalue weighted by molar-refractivity contribution is 7.25. The van der Waals surface area contributed by atoms with Gasteiger partial charge in [-0.3, -0.25) is 0 Å². The number of thiophene rings is 1. The molecule has 3 aromatic heterocycles. The number of furan rings is 2. The summed E-state index contributed by atoms with van der Waals surface area (Å²) in [6.45, 7) is 0. The molecular formula is C46H27NO2S. The summed E-state index contributed by atoms with van der Waals surface area (Å²) < 4.78 is 15.1. The Kier molecular flexibility index (Phi) is 5.83. The smallest absolute Gasteiger partial charge is 0.135 e. The van der Waals surface area contributed by atoms with E-state index in [0.29, 0.717) is 0 Å². The van der Waals surface area contributed by atoms with Crippen molar-refractivity contribution in [3.8, 4) is 11.1 Å². The summed E-state index contributed by atoms with van der Waals surface area (Å²) in [7, 11) is 0. The Labute approximate surface area is 290 Å². The fourth-order valence-electron chi connectivity index (χ4n) is 7.60. The molecule has 0 saturated carbocycles. The van der Waals surface area contributed by atoms with E-state index >= 15 is 0 Å². The first kappa shape index (κ1) is 27.6. The SMILES string of the molecule is c1ccc2c(c1)oc1ccc(N(c3ccc(-c4ccc5cc6c(cc5c4)sc4ccccc46)cc3)c3ccc4oc5ccccc5c4c3)cc12. The van der Waals surface area contributed by atoms with Gasteiger partial charge < -0.3 is 13.7 Å². The van der Waals surface area contributed by atoms with Crippen LogP contribution in [0.5, 0.6) is 0 Å². The molecular weight excluding hydrogens is 631 g/mol. The monoisotopic (exact) mass is 657 g/mol. The number of anilines is 3. The fourth-order valence-corrected chi connectivity index (χ4v) is 8.74. The Morgan fingerprint density at radius 3 is 1.58 bits per heavy atom. The molecule has 234 valence electrons. The average Bonchev–Trinajstić information content (AvgIpc) is 3.85. The number of fused-ring (bicyclic) bond motifs is 10. The summed E-state index contributed by atoms with van der Waals surface area (Å²) in [5.41, 5.74) is 9.12. The highest BCUT2D eigenvalue weighted by Crippen LogP contribution is 2.42. The zero-order valence-corrected chi connectivity index (χ0v) is 27.6. The molecule has 0 saturated heterocycles. The average molecular weight is 658 g/mol. The highest BCUT2D eigenvalue weighted by Gasteiger charge is 2.18. The summed E-state index contributed by atoms with van der Waals surface area (Å²) in [5.74, 6) is 0. The predicted octanol–water partition coefficient (Wildman–Crippen LogP) is 14.1. The third-order valence-electron chi connectivity index (χ3n) is 10.0.